The van der Waals surface area contributed by atoms with Crippen molar-refractivity contribution in [2.75, 3.05) is 0 Å². The van der Waals surface area contributed by atoms with Crippen molar-refractivity contribution in [1.29, 1.82) is 5.26 Å². The molecule has 140 valence electrons. The SMILES string of the molecule is CCCCC(CC)Cc1cc(-c2ccccc2)ccc1C(C#N)=CC(=O)O. The van der Waals surface area contributed by atoms with Gasteiger partial charge in [-0.25, -0.2) is 4.79 Å². The van der Waals surface area contributed by atoms with Crippen molar-refractivity contribution in [2.45, 2.75) is 46.0 Å². The summed E-state index contributed by atoms with van der Waals surface area (Å²) < 4.78 is 0. The molecule has 0 heterocycles. The van der Waals surface area contributed by atoms with Crippen LogP contribution in [0.1, 0.15) is 50.7 Å². The molecule has 1 atom stereocenters. The summed E-state index contributed by atoms with van der Waals surface area (Å²) >= 11 is 0. The Kier molecular flexibility index (Phi) is 7.82. The fourth-order valence-electron chi connectivity index (χ4n) is 3.38. The predicted molar refractivity (Wildman–Crippen MR) is 110 cm³/mol. The van der Waals surface area contributed by atoms with Crippen LogP contribution in [-0.2, 0) is 11.2 Å². The van der Waals surface area contributed by atoms with E-state index in [4.69, 9.17) is 5.11 Å². The van der Waals surface area contributed by atoms with Crippen LogP contribution < -0.4 is 0 Å². The second kappa shape index (κ2) is 10.3. The first-order chi connectivity index (χ1) is 13.1. The van der Waals surface area contributed by atoms with E-state index in [9.17, 15) is 10.1 Å². The summed E-state index contributed by atoms with van der Waals surface area (Å²) in [4.78, 5) is 11.1. The maximum Gasteiger partial charge on any atom is 0.329 e. The first kappa shape index (κ1) is 20.5. The summed E-state index contributed by atoms with van der Waals surface area (Å²) in [7, 11) is 0. The third-order valence-corrected chi connectivity index (χ3v) is 4.94. The van der Waals surface area contributed by atoms with Gasteiger partial charge in [0.15, 0.2) is 0 Å². The van der Waals surface area contributed by atoms with Crippen molar-refractivity contribution in [3.63, 3.8) is 0 Å². The first-order valence-corrected chi connectivity index (χ1v) is 9.62. The van der Waals surface area contributed by atoms with E-state index >= 15 is 0 Å². The summed E-state index contributed by atoms with van der Waals surface area (Å²) in [6.07, 6.45) is 6.42. The van der Waals surface area contributed by atoms with E-state index in [1.54, 1.807) is 0 Å². The van der Waals surface area contributed by atoms with Gasteiger partial charge in [-0.3, -0.25) is 0 Å². The Morgan fingerprint density at radius 1 is 1.15 bits per heavy atom. The van der Waals surface area contributed by atoms with Gasteiger partial charge in [0, 0.05) is 6.08 Å². The minimum absolute atomic E-state index is 0.211. The molecule has 0 aliphatic rings. The topological polar surface area (TPSA) is 61.1 Å². The van der Waals surface area contributed by atoms with Gasteiger partial charge in [0.2, 0.25) is 0 Å². The number of allylic oxidation sites excluding steroid dienone is 1. The van der Waals surface area contributed by atoms with E-state index < -0.39 is 5.97 Å². The van der Waals surface area contributed by atoms with Gasteiger partial charge >= 0.3 is 5.97 Å². The van der Waals surface area contributed by atoms with Crippen molar-refractivity contribution in [1.82, 2.24) is 0 Å². The van der Waals surface area contributed by atoms with Crippen LogP contribution in [0.4, 0.5) is 0 Å². The standard InChI is InChI=1S/C24H27NO2/c1-3-5-9-18(4-2)14-21-15-20(19-10-7-6-8-11-19)12-13-23(21)22(17-25)16-24(26)27/h6-8,10-13,15-16,18H,3-5,9,14H2,1-2H3,(H,26,27). The second-order valence-electron chi connectivity index (χ2n) is 6.87. The average molecular weight is 361 g/mol. The summed E-state index contributed by atoms with van der Waals surface area (Å²) in [6.45, 7) is 4.39. The Bertz CT molecular complexity index is 831. The smallest absolute Gasteiger partial charge is 0.329 e. The van der Waals surface area contributed by atoms with E-state index in [0.29, 0.717) is 5.92 Å². The number of nitriles is 1. The molecule has 0 saturated heterocycles. The molecule has 0 amide bonds. The number of nitrogens with zero attached hydrogens (tertiary/aromatic N) is 1. The predicted octanol–water partition coefficient (Wildman–Crippen LogP) is 6.10. The number of unbranched alkanes of at least 4 members (excludes halogenated alkanes) is 1. The summed E-state index contributed by atoms with van der Waals surface area (Å²) in [5.41, 5.74) is 4.20. The fourth-order valence-corrected chi connectivity index (χ4v) is 3.38. The van der Waals surface area contributed by atoms with Crippen molar-refractivity contribution in [3.8, 4) is 17.2 Å². The van der Waals surface area contributed by atoms with Crippen LogP contribution in [0.5, 0.6) is 0 Å². The highest BCUT2D eigenvalue weighted by atomic mass is 16.4. The zero-order valence-electron chi connectivity index (χ0n) is 16.1. The van der Waals surface area contributed by atoms with Crippen LogP contribution in [-0.4, -0.2) is 11.1 Å². The van der Waals surface area contributed by atoms with E-state index in [1.165, 1.54) is 6.42 Å². The summed E-state index contributed by atoms with van der Waals surface area (Å²) in [6, 6.07) is 18.2. The molecule has 3 heteroatoms. The van der Waals surface area contributed by atoms with Crippen LogP contribution in [0.15, 0.2) is 54.6 Å². The molecule has 0 aliphatic carbocycles. The van der Waals surface area contributed by atoms with E-state index in [-0.39, 0.29) is 5.57 Å². The van der Waals surface area contributed by atoms with Crippen LogP contribution in [0.3, 0.4) is 0 Å². The number of carboxylic acid groups (broad SMARTS) is 1. The maximum atomic E-state index is 11.1. The minimum Gasteiger partial charge on any atom is -0.478 e. The third-order valence-electron chi connectivity index (χ3n) is 4.94. The molecule has 0 fully saturated rings. The van der Waals surface area contributed by atoms with Gasteiger partial charge in [-0.05, 0) is 34.6 Å². The molecule has 2 aromatic carbocycles. The molecule has 0 spiro atoms. The highest BCUT2D eigenvalue weighted by molar-refractivity contribution is 5.95. The highest BCUT2D eigenvalue weighted by Crippen LogP contribution is 2.30. The lowest BCUT2D eigenvalue weighted by atomic mass is 9.86. The molecule has 1 unspecified atom stereocenters. The third kappa shape index (κ3) is 5.82. The number of rotatable bonds is 9. The first-order valence-electron chi connectivity index (χ1n) is 9.62. The molecule has 0 saturated carbocycles. The number of carboxylic acids is 1. The molecule has 1 N–H and O–H groups in total. The number of hydrogen-bond acceptors (Lipinski definition) is 2. The van der Waals surface area contributed by atoms with Gasteiger partial charge in [0.05, 0.1) is 5.57 Å². The minimum atomic E-state index is -1.09. The van der Waals surface area contributed by atoms with E-state index in [2.05, 4.69) is 38.1 Å². The fraction of sp³-hybridized carbons (Fsp3) is 0.333. The Hall–Kier alpha value is -2.86. The number of hydrogen-bond donors (Lipinski definition) is 1. The molecule has 0 aliphatic heterocycles. The largest absolute Gasteiger partial charge is 0.478 e. The molecule has 2 rings (SSSR count). The number of benzene rings is 2. The summed E-state index contributed by atoms with van der Waals surface area (Å²) in [5, 5.41) is 18.6. The van der Waals surface area contributed by atoms with Crippen LogP contribution >= 0.6 is 0 Å². The van der Waals surface area contributed by atoms with Crippen molar-refractivity contribution < 1.29 is 9.90 Å². The molecule has 0 radical (unpaired) electrons. The van der Waals surface area contributed by atoms with Gasteiger partial charge in [0.25, 0.3) is 0 Å². The Morgan fingerprint density at radius 3 is 2.48 bits per heavy atom. The molecule has 27 heavy (non-hydrogen) atoms. The van der Waals surface area contributed by atoms with Gasteiger partial charge in [-0.2, -0.15) is 5.26 Å². The number of aliphatic carboxylic acids is 1. The van der Waals surface area contributed by atoms with Gasteiger partial charge in [-0.15, -0.1) is 0 Å². The monoisotopic (exact) mass is 361 g/mol. The van der Waals surface area contributed by atoms with Crippen molar-refractivity contribution >= 4 is 11.5 Å². The van der Waals surface area contributed by atoms with Gasteiger partial charge < -0.3 is 5.11 Å². The normalized spacial score (nSPS) is 12.4. The lowest BCUT2D eigenvalue weighted by Gasteiger charge is -2.18. The molecule has 2 aromatic rings. The molecule has 3 nitrogen and oxygen atoms in total. The molecule has 0 bridgehead atoms. The number of carbonyl (C=O) groups is 1. The van der Waals surface area contributed by atoms with Crippen LogP contribution in [0, 0.1) is 17.2 Å². The molecule has 0 aromatic heterocycles. The lowest BCUT2D eigenvalue weighted by Crippen LogP contribution is -2.06. The zero-order valence-corrected chi connectivity index (χ0v) is 16.1. The quantitative estimate of drug-likeness (QED) is 0.433. The van der Waals surface area contributed by atoms with E-state index in [0.717, 1.165) is 54.0 Å². The van der Waals surface area contributed by atoms with Crippen LogP contribution in [0.2, 0.25) is 0 Å². The highest BCUT2D eigenvalue weighted by Gasteiger charge is 2.15. The van der Waals surface area contributed by atoms with Gasteiger partial charge in [0.1, 0.15) is 6.07 Å². The zero-order chi connectivity index (χ0) is 19.6. The second-order valence-corrected chi connectivity index (χ2v) is 6.87. The Labute approximate surface area is 162 Å². The lowest BCUT2D eigenvalue weighted by molar-refractivity contribution is -0.131. The Balaban J connectivity index is 2.49. The van der Waals surface area contributed by atoms with Crippen molar-refractivity contribution in [3.05, 3.63) is 65.7 Å². The van der Waals surface area contributed by atoms with Gasteiger partial charge in [-0.1, -0.05) is 88.1 Å². The summed E-state index contributed by atoms with van der Waals surface area (Å²) in [5.74, 6) is -0.567. The molecular formula is C24H27NO2. The molecular weight excluding hydrogens is 334 g/mol. The van der Waals surface area contributed by atoms with Crippen LogP contribution in [0.25, 0.3) is 16.7 Å². The maximum absolute atomic E-state index is 11.1. The average Bonchev–Trinajstić information content (AvgIpc) is 2.69. The van der Waals surface area contributed by atoms with Crippen molar-refractivity contribution in [2.24, 2.45) is 5.92 Å². The van der Waals surface area contributed by atoms with E-state index in [1.807, 2.05) is 30.3 Å². The Morgan fingerprint density at radius 2 is 1.89 bits per heavy atom.